The molecule has 0 aromatic heterocycles. The molecule has 0 aliphatic heterocycles. The first-order valence-electron chi connectivity index (χ1n) is 12.0. The molecule has 2 aromatic carbocycles. The number of carbonyl (C=O) groups excluding carboxylic acids is 2. The van der Waals surface area contributed by atoms with E-state index in [1.54, 1.807) is 0 Å². The van der Waals surface area contributed by atoms with Gasteiger partial charge in [-0.25, -0.2) is 4.79 Å². The third-order valence-corrected chi connectivity index (χ3v) is 7.05. The summed E-state index contributed by atoms with van der Waals surface area (Å²) in [6.07, 6.45) is 1.89. The highest BCUT2D eigenvalue weighted by atomic mass is 16.5. The van der Waals surface area contributed by atoms with Gasteiger partial charge in [0.1, 0.15) is 12.6 Å². The number of carboxylic acids is 1. The number of carboxylic acid groups (broad SMARTS) is 1. The van der Waals surface area contributed by atoms with E-state index < -0.39 is 24.1 Å². The van der Waals surface area contributed by atoms with Crippen LogP contribution in [-0.4, -0.2) is 41.8 Å². The van der Waals surface area contributed by atoms with Gasteiger partial charge in [-0.2, -0.15) is 0 Å². The van der Waals surface area contributed by atoms with Gasteiger partial charge >= 0.3 is 12.1 Å². The van der Waals surface area contributed by atoms with Crippen molar-refractivity contribution in [1.29, 1.82) is 0 Å². The first kappa shape index (κ1) is 23.8. The second-order valence-electron chi connectivity index (χ2n) is 9.60. The number of amides is 2. The van der Waals surface area contributed by atoms with Gasteiger partial charge in [0.2, 0.25) is 5.91 Å². The fraction of sp³-hybridized carbons (Fsp3) is 0.444. The van der Waals surface area contributed by atoms with Crippen LogP contribution in [0.25, 0.3) is 11.1 Å². The monoisotopic (exact) mass is 464 g/mol. The molecule has 0 saturated heterocycles. The normalized spacial score (nSPS) is 16.7. The molecule has 1 saturated carbocycles. The molecule has 7 heteroatoms. The van der Waals surface area contributed by atoms with Crippen molar-refractivity contribution in [2.75, 3.05) is 6.61 Å². The first-order valence-corrected chi connectivity index (χ1v) is 12.0. The van der Waals surface area contributed by atoms with E-state index in [0.717, 1.165) is 41.5 Å². The van der Waals surface area contributed by atoms with Gasteiger partial charge < -0.3 is 20.5 Å². The van der Waals surface area contributed by atoms with Gasteiger partial charge in [-0.3, -0.25) is 9.59 Å². The van der Waals surface area contributed by atoms with Crippen molar-refractivity contribution >= 4 is 18.0 Å². The van der Waals surface area contributed by atoms with Crippen LogP contribution in [0, 0.1) is 11.8 Å². The molecule has 2 aliphatic carbocycles. The minimum atomic E-state index is -0.969. The summed E-state index contributed by atoms with van der Waals surface area (Å²) in [5.41, 5.74) is 4.55. The minimum Gasteiger partial charge on any atom is -0.481 e. The highest BCUT2D eigenvalue weighted by Gasteiger charge is 2.36. The maximum atomic E-state index is 13.0. The second-order valence-corrected chi connectivity index (χ2v) is 9.60. The molecule has 7 nitrogen and oxygen atoms in total. The second kappa shape index (κ2) is 10.3. The van der Waals surface area contributed by atoms with Crippen molar-refractivity contribution in [3.05, 3.63) is 59.7 Å². The van der Waals surface area contributed by atoms with Crippen LogP contribution < -0.4 is 10.6 Å². The molecule has 1 fully saturated rings. The number of benzene rings is 2. The Morgan fingerprint density at radius 3 is 2.06 bits per heavy atom. The van der Waals surface area contributed by atoms with Crippen LogP contribution in [0.4, 0.5) is 4.79 Å². The number of alkyl carbamates (subject to hydrolysis) is 1. The van der Waals surface area contributed by atoms with Crippen LogP contribution in [0.5, 0.6) is 0 Å². The van der Waals surface area contributed by atoms with Gasteiger partial charge in [0.05, 0.1) is 6.42 Å². The van der Waals surface area contributed by atoms with Crippen LogP contribution in [0.2, 0.25) is 0 Å². The highest BCUT2D eigenvalue weighted by Crippen LogP contribution is 2.44. The summed E-state index contributed by atoms with van der Waals surface area (Å²) in [7, 11) is 0. The van der Waals surface area contributed by atoms with Crippen molar-refractivity contribution in [3.63, 3.8) is 0 Å². The molecule has 2 amide bonds. The Labute approximate surface area is 199 Å². The molecule has 0 heterocycles. The lowest BCUT2D eigenvalue weighted by Crippen LogP contribution is -2.55. The zero-order chi connectivity index (χ0) is 24.2. The Hall–Kier alpha value is -3.35. The summed E-state index contributed by atoms with van der Waals surface area (Å²) in [5, 5.41) is 14.8. The Morgan fingerprint density at radius 1 is 0.971 bits per heavy atom. The van der Waals surface area contributed by atoms with Gasteiger partial charge in [-0.05, 0) is 46.9 Å². The van der Waals surface area contributed by atoms with E-state index in [9.17, 15) is 14.4 Å². The Morgan fingerprint density at radius 2 is 1.56 bits per heavy atom. The molecule has 4 rings (SSSR count). The van der Waals surface area contributed by atoms with Crippen LogP contribution >= 0.6 is 0 Å². The summed E-state index contributed by atoms with van der Waals surface area (Å²) in [4.78, 5) is 37.0. The number of ether oxygens (including phenoxy) is 1. The molecule has 34 heavy (non-hydrogen) atoms. The van der Waals surface area contributed by atoms with Gasteiger partial charge in [0.25, 0.3) is 0 Å². The number of hydrogen-bond donors (Lipinski definition) is 3. The number of hydrogen-bond acceptors (Lipinski definition) is 4. The quantitative estimate of drug-likeness (QED) is 0.513. The predicted octanol–water partition coefficient (Wildman–Crippen LogP) is 4.31. The Bertz CT molecular complexity index is 1020. The van der Waals surface area contributed by atoms with Crippen molar-refractivity contribution in [1.82, 2.24) is 10.6 Å². The lowest BCUT2D eigenvalue weighted by molar-refractivity contribution is -0.138. The number of aliphatic carboxylic acids is 1. The average molecular weight is 465 g/mol. The summed E-state index contributed by atoms with van der Waals surface area (Å²) in [6, 6.07) is 15.0. The third-order valence-electron chi connectivity index (χ3n) is 7.05. The maximum Gasteiger partial charge on any atom is 0.407 e. The van der Waals surface area contributed by atoms with Gasteiger partial charge in [0.15, 0.2) is 0 Å². The first-order chi connectivity index (χ1) is 16.3. The Balaban J connectivity index is 1.41. The van der Waals surface area contributed by atoms with E-state index in [2.05, 4.69) is 34.9 Å². The van der Waals surface area contributed by atoms with Crippen LogP contribution in [-0.2, 0) is 14.3 Å². The largest absolute Gasteiger partial charge is 0.481 e. The van der Waals surface area contributed by atoms with Crippen LogP contribution in [0.15, 0.2) is 48.5 Å². The lowest BCUT2D eigenvalue weighted by Gasteiger charge is -2.34. The van der Waals surface area contributed by atoms with E-state index in [-0.39, 0.29) is 36.7 Å². The lowest BCUT2D eigenvalue weighted by atomic mass is 9.79. The van der Waals surface area contributed by atoms with Crippen molar-refractivity contribution < 1.29 is 24.2 Å². The fourth-order valence-corrected chi connectivity index (χ4v) is 4.85. The molecule has 1 unspecified atom stereocenters. The zero-order valence-electron chi connectivity index (χ0n) is 19.6. The molecule has 2 atom stereocenters. The molecule has 0 spiro atoms. The van der Waals surface area contributed by atoms with E-state index in [0.29, 0.717) is 0 Å². The molecular weight excluding hydrogens is 432 g/mol. The van der Waals surface area contributed by atoms with Gasteiger partial charge in [-0.15, -0.1) is 0 Å². The average Bonchev–Trinajstić information content (AvgIpc) is 3.09. The summed E-state index contributed by atoms with van der Waals surface area (Å²) >= 11 is 0. The SMILES string of the molecule is CC(C)[C@H](CC(=O)O)NC(=O)C(NC(=O)OCC1c2ccccc2-c2ccccc21)C1CCC1. The molecule has 180 valence electrons. The van der Waals surface area contributed by atoms with E-state index in [1.165, 1.54) is 0 Å². The van der Waals surface area contributed by atoms with Crippen LogP contribution in [0.1, 0.15) is 56.6 Å². The summed E-state index contributed by atoms with van der Waals surface area (Å²) in [6.45, 7) is 3.91. The number of nitrogens with one attached hydrogen (secondary N) is 2. The summed E-state index contributed by atoms with van der Waals surface area (Å²) < 4.78 is 5.63. The zero-order valence-corrected chi connectivity index (χ0v) is 19.6. The van der Waals surface area contributed by atoms with E-state index >= 15 is 0 Å². The van der Waals surface area contributed by atoms with Crippen LogP contribution in [0.3, 0.4) is 0 Å². The number of fused-ring (bicyclic) bond motifs is 3. The molecule has 0 bridgehead atoms. The standard InChI is InChI=1S/C27H32N2O5/c1-16(2)23(14-24(30)31)28-26(32)25(17-8-7-9-17)29-27(33)34-15-22-20-12-5-3-10-18(20)19-11-4-6-13-21(19)22/h3-6,10-13,16-17,22-23,25H,7-9,14-15H2,1-2H3,(H,28,32)(H,29,33)(H,30,31)/t23-,25?/m0/s1. The van der Waals surface area contributed by atoms with E-state index in [4.69, 9.17) is 9.84 Å². The summed E-state index contributed by atoms with van der Waals surface area (Å²) in [5.74, 6) is -1.40. The van der Waals surface area contributed by atoms with Crippen molar-refractivity contribution in [2.24, 2.45) is 11.8 Å². The smallest absolute Gasteiger partial charge is 0.407 e. The van der Waals surface area contributed by atoms with E-state index in [1.807, 2.05) is 38.1 Å². The Kier molecular flexibility index (Phi) is 7.20. The molecule has 2 aliphatic rings. The number of rotatable bonds is 9. The molecule has 0 radical (unpaired) electrons. The van der Waals surface area contributed by atoms with Gasteiger partial charge in [0, 0.05) is 12.0 Å². The minimum absolute atomic E-state index is 0.0260. The highest BCUT2D eigenvalue weighted by molar-refractivity contribution is 5.87. The predicted molar refractivity (Wildman–Crippen MR) is 128 cm³/mol. The topological polar surface area (TPSA) is 105 Å². The molecule has 3 N–H and O–H groups in total. The number of carbonyl (C=O) groups is 3. The van der Waals surface area contributed by atoms with Crippen molar-refractivity contribution in [2.45, 2.75) is 57.5 Å². The maximum absolute atomic E-state index is 13.0. The molecular formula is C27H32N2O5. The molecule has 2 aromatic rings. The van der Waals surface area contributed by atoms with Crippen molar-refractivity contribution in [3.8, 4) is 11.1 Å². The van der Waals surface area contributed by atoms with Gasteiger partial charge in [-0.1, -0.05) is 68.8 Å². The third kappa shape index (κ3) is 5.08. The fourth-order valence-electron chi connectivity index (χ4n) is 4.85.